The first-order chi connectivity index (χ1) is 8.79. The van der Waals surface area contributed by atoms with Crippen LogP contribution >= 0.6 is 12.2 Å². The number of benzene rings is 1. The highest BCUT2D eigenvalue weighted by molar-refractivity contribution is 7.80. The van der Waals surface area contributed by atoms with E-state index in [1.807, 2.05) is 30.3 Å². The second kappa shape index (κ2) is 6.89. The molecule has 18 heavy (non-hydrogen) atoms. The molecule has 0 saturated heterocycles. The van der Waals surface area contributed by atoms with Crippen molar-refractivity contribution in [2.24, 2.45) is 5.92 Å². The van der Waals surface area contributed by atoms with Gasteiger partial charge in [0.05, 0.1) is 6.10 Å². The molecular formula is C16H22OS. The Balaban J connectivity index is 1.80. The van der Waals surface area contributed by atoms with Crippen molar-refractivity contribution in [3.8, 4) is 0 Å². The fourth-order valence-electron chi connectivity index (χ4n) is 2.74. The zero-order valence-corrected chi connectivity index (χ0v) is 11.9. The minimum Gasteiger partial charge on any atom is -0.480 e. The summed E-state index contributed by atoms with van der Waals surface area (Å²) in [6.45, 7) is 2.27. The molecule has 2 heteroatoms. The fourth-order valence-corrected chi connectivity index (χ4v) is 3.01. The second-order valence-electron chi connectivity index (χ2n) is 5.20. The maximum atomic E-state index is 5.94. The average Bonchev–Trinajstić information content (AvgIpc) is 2.42. The molecule has 1 saturated carbocycles. The maximum absolute atomic E-state index is 5.94. The lowest BCUT2D eigenvalue weighted by Crippen LogP contribution is -2.24. The van der Waals surface area contributed by atoms with Gasteiger partial charge in [-0.3, -0.25) is 0 Å². The minimum absolute atomic E-state index is 0.339. The molecule has 0 unspecified atom stereocenters. The van der Waals surface area contributed by atoms with Crippen LogP contribution < -0.4 is 0 Å². The van der Waals surface area contributed by atoms with Gasteiger partial charge in [-0.1, -0.05) is 50.1 Å². The van der Waals surface area contributed by atoms with Gasteiger partial charge in [0, 0.05) is 5.56 Å². The van der Waals surface area contributed by atoms with Gasteiger partial charge in [0.25, 0.3) is 0 Å². The number of thiocarbonyl (C=S) groups is 1. The molecule has 1 aliphatic rings. The highest BCUT2D eigenvalue weighted by Crippen LogP contribution is 2.29. The summed E-state index contributed by atoms with van der Waals surface area (Å²) in [5.74, 6) is 0.917. The van der Waals surface area contributed by atoms with E-state index in [1.54, 1.807) is 0 Å². The molecule has 1 aromatic carbocycles. The van der Waals surface area contributed by atoms with Crippen molar-refractivity contribution >= 4 is 17.3 Å². The Morgan fingerprint density at radius 1 is 1.17 bits per heavy atom. The molecule has 1 aliphatic carbocycles. The zero-order valence-electron chi connectivity index (χ0n) is 11.1. The van der Waals surface area contributed by atoms with Gasteiger partial charge in [0.15, 0.2) is 5.05 Å². The molecule has 98 valence electrons. The van der Waals surface area contributed by atoms with Crippen LogP contribution in [0.1, 0.15) is 51.0 Å². The van der Waals surface area contributed by atoms with Gasteiger partial charge in [0.2, 0.25) is 0 Å². The molecule has 0 atom stereocenters. The van der Waals surface area contributed by atoms with Crippen LogP contribution in [0.15, 0.2) is 30.3 Å². The van der Waals surface area contributed by atoms with E-state index in [2.05, 4.69) is 6.92 Å². The summed E-state index contributed by atoms with van der Waals surface area (Å²) >= 11 is 5.36. The van der Waals surface area contributed by atoms with E-state index in [0.717, 1.165) is 24.3 Å². The largest absolute Gasteiger partial charge is 0.480 e. The van der Waals surface area contributed by atoms with Gasteiger partial charge < -0.3 is 4.74 Å². The van der Waals surface area contributed by atoms with Gasteiger partial charge in [-0.2, -0.15) is 0 Å². The zero-order chi connectivity index (χ0) is 12.8. The Bertz CT molecular complexity index is 366. The summed E-state index contributed by atoms with van der Waals surface area (Å²) in [4.78, 5) is 0. The molecule has 0 amide bonds. The molecule has 0 heterocycles. The lowest BCUT2D eigenvalue weighted by atomic mass is 9.85. The average molecular weight is 262 g/mol. The van der Waals surface area contributed by atoms with Crippen molar-refractivity contribution < 1.29 is 4.74 Å². The number of rotatable bonds is 4. The van der Waals surface area contributed by atoms with Crippen LogP contribution in [-0.4, -0.2) is 11.2 Å². The van der Waals surface area contributed by atoms with Crippen LogP contribution in [0.5, 0.6) is 0 Å². The van der Waals surface area contributed by atoms with Crippen LogP contribution in [0, 0.1) is 5.92 Å². The SMILES string of the molecule is CCCC1CCC(OC(=S)c2ccccc2)CC1. The standard InChI is InChI=1S/C16H22OS/c1-2-6-13-9-11-15(12-10-13)17-16(18)14-7-4-3-5-8-14/h3-5,7-8,13,15H,2,6,9-12H2,1H3. The van der Waals surface area contributed by atoms with E-state index in [9.17, 15) is 0 Å². The van der Waals surface area contributed by atoms with Gasteiger partial charge in [0.1, 0.15) is 0 Å². The summed E-state index contributed by atoms with van der Waals surface area (Å²) < 4.78 is 5.94. The van der Waals surface area contributed by atoms with Gasteiger partial charge in [-0.25, -0.2) is 0 Å². The van der Waals surface area contributed by atoms with Crippen molar-refractivity contribution in [2.75, 3.05) is 0 Å². The smallest absolute Gasteiger partial charge is 0.191 e. The first kappa shape index (κ1) is 13.5. The van der Waals surface area contributed by atoms with Crippen LogP contribution in [0.4, 0.5) is 0 Å². The van der Waals surface area contributed by atoms with Gasteiger partial charge >= 0.3 is 0 Å². The third-order valence-electron chi connectivity index (χ3n) is 3.77. The Morgan fingerprint density at radius 3 is 2.44 bits per heavy atom. The van der Waals surface area contributed by atoms with Crippen LogP contribution in [-0.2, 0) is 4.74 Å². The molecule has 0 spiro atoms. The first-order valence-corrected chi connectivity index (χ1v) is 7.46. The highest BCUT2D eigenvalue weighted by Gasteiger charge is 2.22. The monoisotopic (exact) mass is 262 g/mol. The quantitative estimate of drug-likeness (QED) is 0.725. The third kappa shape index (κ3) is 3.81. The third-order valence-corrected chi connectivity index (χ3v) is 4.11. The Morgan fingerprint density at radius 2 is 1.83 bits per heavy atom. The normalized spacial score (nSPS) is 23.6. The Labute approximate surface area is 116 Å². The van der Waals surface area contributed by atoms with Crippen molar-refractivity contribution in [1.82, 2.24) is 0 Å². The fraction of sp³-hybridized carbons (Fsp3) is 0.562. The summed E-state index contributed by atoms with van der Waals surface area (Å²) in [7, 11) is 0. The Kier molecular flexibility index (Phi) is 5.18. The molecule has 2 rings (SSSR count). The van der Waals surface area contributed by atoms with E-state index in [0.29, 0.717) is 11.2 Å². The predicted molar refractivity (Wildman–Crippen MR) is 79.9 cm³/mol. The molecule has 1 nitrogen and oxygen atoms in total. The van der Waals surface area contributed by atoms with E-state index in [1.165, 1.54) is 25.7 Å². The van der Waals surface area contributed by atoms with Gasteiger partial charge in [-0.05, 0) is 43.8 Å². The first-order valence-electron chi connectivity index (χ1n) is 7.05. The van der Waals surface area contributed by atoms with Crippen molar-refractivity contribution in [3.63, 3.8) is 0 Å². The van der Waals surface area contributed by atoms with E-state index in [4.69, 9.17) is 17.0 Å². The number of hydrogen-bond acceptors (Lipinski definition) is 2. The molecule has 1 aromatic rings. The molecule has 1 fully saturated rings. The number of ether oxygens (including phenoxy) is 1. The Hall–Kier alpha value is -0.890. The topological polar surface area (TPSA) is 9.23 Å². The second-order valence-corrected chi connectivity index (χ2v) is 5.57. The van der Waals surface area contributed by atoms with Crippen LogP contribution in [0.3, 0.4) is 0 Å². The molecule has 0 aliphatic heterocycles. The molecule has 0 bridgehead atoms. The molecule has 0 N–H and O–H groups in total. The van der Waals surface area contributed by atoms with E-state index in [-0.39, 0.29) is 0 Å². The molecule has 0 radical (unpaired) electrons. The highest BCUT2D eigenvalue weighted by atomic mass is 32.1. The summed E-state index contributed by atoms with van der Waals surface area (Å²) in [5.41, 5.74) is 1.03. The lowest BCUT2D eigenvalue weighted by molar-refractivity contribution is 0.122. The van der Waals surface area contributed by atoms with Gasteiger partial charge in [-0.15, -0.1) is 0 Å². The maximum Gasteiger partial charge on any atom is 0.191 e. The summed E-state index contributed by atoms with van der Waals surface area (Å²) in [5, 5.41) is 0.662. The van der Waals surface area contributed by atoms with Crippen LogP contribution in [0.25, 0.3) is 0 Å². The van der Waals surface area contributed by atoms with E-state index < -0.39 is 0 Å². The number of hydrogen-bond donors (Lipinski definition) is 0. The van der Waals surface area contributed by atoms with Crippen molar-refractivity contribution in [1.29, 1.82) is 0 Å². The summed E-state index contributed by atoms with van der Waals surface area (Å²) in [6.07, 6.45) is 7.95. The molecule has 0 aromatic heterocycles. The predicted octanol–water partition coefficient (Wildman–Crippen LogP) is 4.74. The minimum atomic E-state index is 0.339. The molecular weight excluding hydrogens is 240 g/mol. The lowest BCUT2D eigenvalue weighted by Gasteiger charge is -2.28. The van der Waals surface area contributed by atoms with Crippen molar-refractivity contribution in [3.05, 3.63) is 35.9 Å². The van der Waals surface area contributed by atoms with Crippen LogP contribution in [0.2, 0.25) is 0 Å². The summed E-state index contributed by atoms with van der Waals surface area (Å²) in [6, 6.07) is 10.0. The van der Waals surface area contributed by atoms with Crippen molar-refractivity contribution in [2.45, 2.75) is 51.6 Å². The van der Waals surface area contributed by atoms with E-state index >= 15 is 0 Å².